The van der Waals surface area contributed by atoms with Crippen molar-refractivity contribution in [3.63, 3.8) is 0 Å². The normalized spacial score (nSPS) is 17.9. The van der Waals surface area contributed by atoms with Crippen LogP contribution in [0.5, 0.6) is 0 Å². The summed E-state index contributed by atoms with van der Waals surface area (Å²) in [6.07, 6.45) is 4.41. The highest BCUT2D eigenvalue weighted by Gasteiger charge is 2.42. The maximum absolute atomic E-state index is 12.3. The van der Waals surface area contributed by atoms with Crippen molar-refractivity contribution in [1.29, 1.82) is 0 Å². The third-order valence-corrected chi connectivity index (χ3v) is 3.74. The van der Waals surface area contributed by atoms with Gasteiger partial charge in [0.25, 0.3) is 0 Å². The van der Waals surface area contributed by atoms with Gasteiger partial charge in [0.2, 0.25) is 5.91 Å². The maximum Gasteiger partial charge on any atom is 0.233 e. The van der Waals surface area contributed by atoms with Crippen molar-refractivity contribution in [3.8, 4) is 0 Å². The molecule has 7 nitrogen and oxygen atoms in total. The van der Waals surface area contributed by atoms with Crippen molar-refractivity contribution in [2.45, 2.75) is 19.4 Å². The molecule has 0 atom stereocenters. The summed E-state index contributed by atoms with van der Waals surface area (Å²) in [4.78, 5) is 12.6. The van der Waals surface area contributed by atoms with E-state index in [1.54, 1.807) is 17.1 Å². The molecule has 19 heavy (non-hydrogen) atoms. The van der Waals surface area contributed by atoms with Crippen molar-refractivity contribution in [2.75, 3.05) is 19.8 Å². The zero-order valence-corrected chi connectivity index (χ0v) is 11.4. The molecule has 0 aliphatic carbocycles. The van der Waals surface area contributed by atoms with Gasteiger partial charge in [-0.2, -0.15) is 0 Å². The lowest BCUT2D eigenvalue weighted by atomic mass is 9.79. The Hall–Kier alpha value is -1.54. The van der Waals surface area contributed by atoms with Crippen LogP contribution in [0.15, 0.2) is 12.4 Å². The van der Waals surface area contributed by atoms with E-state index < -0.39 is 5.41 Å². The van der Waals surface area contributed by atoms with E-state index in [4.69, 9.17) is 22.7 Å². The summed E-state index contributed by atoms with van der Waals surface area (Å²) < 4.78 is 6.92. The number of nitrogens with one attached hydrogen (secondary N) is 1. The third-order valence-electron chi connectivity index (χ3n) is 3.35. The Labute approximate surface area is 116 Å². The maximum atomic E-state index is 12.3. The molecule has 8 heteroatoms. The van der Waals surface area contributed by atoms with Crippen LogP contribution in [0, 0.1) is 5.41 Å². The Morgan fingerprint density at radius 3 is 2.84 bits per heavy atom. The van der Waals surface area contributed by atoms with Gasteiger partial charge in [-0.3, -0.25) is 9.48 Å². The van der Waals surface area contributed by atoms with Crippen LogP contribution in [-0.4, -0.2) is 45.6 Å². The van der Waals surface area contributed by atoms with E-state index in [9.17, 15) is 4.79 Å². The zero-order chi connectivity index (χ0) is 13.7. The second-order valence-corrected chi connectivity index (χ2v) is 4.92. The fourth-order valence-electron chi connectivity index (χ4n) is 2.11. The summed E-state index contributed by atoms with van der Waals surface area (Å²) in [6.45, 7) is 2.05. The van der Waals surface area contributed by atoms with Crippen LogP contribution in [-0.2, 0) is 16.1 Å². The van der Waals surface area contributed by atoms with Crippen LogP contribution in [0.25, 0.3) is 0 Å². The Morgan fingerprint density at radius 1 is 1.53 bits per heavy atom. The molecule has 1 amide bonds. The molecule has 2 rings (SSSR count). The van der Waals surface area contributed by atoms with Crippen LogP contribution in [0.4, 0.5) is 0 Å². The first kappa shape index (κ1) is 13.9. The first-order chi connectivity index (χ1) is 9.15. The van der Waals surface area contributed by atoms with Crippen molar-refractivity contribution < 1.29 is 9.53 Å². The molecular formula is C11H17N5O2S. The molecule has 0 spiro atoms. The first-order valence-electron chi connectivity index (χ1n) is 6.15. The summed E-state index contributed by atoms with van der Waals surface area (Å²) in [5, 5.41) is 10.4. The lowest BCUT2D eigenvalue weighted by Crippen LogP contribution is -2.52. The minimum absolute atomic E-state index is 0.122. The van der Waals surface area contributed by atoms with Gasteiger partial charge < -0.3 is 15.8 Å². The number of hydrogen-bond donors (Lipinski definition) is 2. The lowest BCUT2D eigenvalue weighted by Gasteiger charge is -2.34. The van der Waals surface area contributed by atoms with E-state index in [2.05, 4.69) is 15.6 Å². The smallest absolute Gasteiger partial charge is 0.233 e. The standard InChI is InChI=1S/C11H17N5O2S/c12-9(19)11(1-7-18-8-2-11)10(17)13-3-5-16-6-4-14-15-16/h4,6H,1-3,5,7-8H2,(H2,12,19)(H,13,17). The second kappa shape index (κ2) is 6.07. The third kappa shape index (κ3) is 3.07. The van der Waals surface area contributed by atoms with Crippen LogP contribution < -0.4 is 11.1 Å². The van der Waals surface area contributed by atoms with Crippen LogP contribution in [0.1, 0.15) is 12.8 Å². The largest absolute Gasteiger partial charge is 0.392 e. The van der Waals surface area contributed by atoms with Gasteiger partial charge in [0.1, 0.15) is 5.41 Å². The van der Waals surface area contributed by atoms with E-state index in [1.165, 1.54) is 0 Å². The van der Waals surface area contributed by atoms with Crippen LogP contribution in [0.3, 0.4) is 0 Å². The van der Waals surface area contributed by atoms with Crippen molar-refractivity contribution in [1.82, 2.24) is 20.3 Å². The number of thiocarbonyl (C=S) groups is 1. The molecule has 2 heterocycles. The fraction of sp³-hybridized carbons (Fsp3) is 0.636. The molecule has 0 aromatic carbocycles. The molecule has 1 aliphatic rings. The number of rotatable bonds is 5. The zero-order valence-electron chi connectivity index (χ0n) is 10.5. The van der Waals surface area contributed by atoms with E-state index >= 15 is 0 Å². The average Bonchev–Trinajstić information content (AvgIpc) is 2.92. The van der Waals surface area contributed by atoms with Crippen LogP contribution >= 0.6 is 12.2 Å². The molecule has 1 aliphatic heterocycles. The number of aromatic nitrogens is 3. The second-order valence-electron chi connectivity index (χ2n) is 4.48. The molecule has 1 saturated heterocycles. The van der Waals surface area contributed by atoms with E-state index in [0.29, 0.717) is 39.1 Å². The van der Waals surface area contributed by atoms with Crippen LogP contribution in [0.2, 0.25) is 0 Å². The molecule has 0 saturated carbocycles. The van der Waals surface area contributed by atoms with Gasteiger partial charge in [-0.1, -0.05) is 17.4 Å². The molecular weight excluding hydrogens is 266 g/mol. The molecule has 0 unspecified atom stereocenters. The Morgan fingerprint density at radius 2 is 2.26 bits per heavy atom. The van der Waals surface area contributed by atoms with E-state index in [-0.39, 0.29) is 10.9 Å². The quantitative estimate of drug-likeness (QED) is 0.706. The number of carbonyl (C=O) groups excluding carboxylic acids is 1. The summed E-state index contributed by atoms with van der Waals surface area (Å²) >= 11 is 5.07. The summed E-state index contributed by atoms with van der Waals surface area (Å²) in [5.41, 5.74) is 4.99. The topological polar surface area (TPSA) is 95.1 Å². The molecule has 1 aromatic rings. The van der Waals surface area contributed by atoms with Crippen molar-refractivity contribution >= 4 is 23.1 Å². The van der Waals surface area contributed by atoms with Gasteiger partial charge in [0.15, 0.2) is 0 Å². The monoisotopic (exact) mass is 283 g/mol. The number of nitrogens with zero attached hydrogens (tertiary/aromatic N) is 3. The Balaban J connectivity index is 1.91. The van der Waals surface area contributed by atoms with Gasteiger partial charge in [0.05, 0.1) is 17.7 Å². The number of carbonyl (C=O) groups is 1. The van der Waals surface area contributed by atoms with Gasteiger partial charge >= 0.3 is 0 Å². The predicted octanol–water partition coefficient (Wildman–Crippen LogP) is -0.523. The van der Waals surface area contributed by atoms with Crippen molar-refractivity contribution in [2.24, 2.45) is 11.1 Å². The Kier molecular flexibility index (Phi) is 4.43. The molecule has 0 radical (unpaired) electrons. The average molecular weight is 283 g/mol. The number of nitrogens with two attached hydrogens (primary N) is 1. The molecule has 0 bridgehead atoms. The first-order valence-corrected chi connectivity index (χ1v) is 6.56. The van der Waals surface area contributed by atoms with Gasteiger partial charge in [-0.25, -0.2) is 0 Å². The lowest BCUT2D eigenvalue weighted by molar-refractivity contribution is -0.131. The van der Waals surface area contributed by atoms with E-state index in [1.807, 2.05) is 0 Å². The highest BCUT2D eigenvalue weighted by molar-refractivity contribution is 7.80. The predicted molar refractivity (Wildman–Crippen MR) is 72.3 cm³/mol. The molecule has 1 aromatic heterocycles. The minimum Gasteiger partial charge on any atom is -0.392 e. The summed E-state index contributed by atoms with van der Waals surface area (Å²) in [6, 6.07) is 0. The molecule has 3 N–H and O–H groups in total. The minimum atomic E-state index is -0.768. The van der Waals surface area contributed by atoms with Gasteiger partial charge in [0, 0.05) is 26.0 Å². The SMILES string of the molecule is NC(=S)C1(C(=O)NCCn2ccnn2)CCOCC1. The summed E-state index contributed by atoms with van der Waals surface area (Å²) in [7, 11) is 0. The highest BCUT2D eigenvalue weighted by Crippen LogP contribution is 2.31. The summed E-state index contributed by atoms with van der Waals surface area (Å²) in [5.74, 6) is -0.122. The van der Waals surface area contributed by atoms with E-state index in [0.717, 1.165) is 0 Å². The fourth-order valence-corrected chi connectivity index (χ4v) is 2.41. The number of amides is 1. The molecule has 104 valence electrons. The Bertz CT molecular complexity index is 442. The van der Waals surface area contributed by atoms with Gasteiger partial charge in [-0.05, 0) is 12.8 Å². The number of ether oxygens (including phenoxy) is 1. The van der Waals surface area contributed by atoms with Gasteiger partial charge in [-0.15, -0.1) is 5.10 Å². The highest BCUT2D eigenvalue weighted by atomic mass is 32.1. The van der Waals surface area contributed by atoms with Crippen molar-refractivity contribution in [3.05, 3.63) is 12.4 Å². The molecule has 1 fully saturated rings. The number of hydrogen-bond acceptors (Lipinski definition) is 5.